The first-order valence-corrected chi connectivity index (χ1v) is 13.4. The maximum Gasteiger partial charge on any atom is 0.282 e. The number of nitrogens with zero attached hydrogens (tertiary/aromatic N) is 4. The van der Waals surface area contributed by atoms with E-state index < -0.39 is 0 Å². The van der Waals surface area contributed by atoms with Crippen LogP contribution in [0.1, 0.15) is 16.7 Å². The molecule has 0 bridgehead atoms. The van der Waals surface area contributed by atoms with Crippen LogP contribution in [0, 0.1) is 18.5 Å². The van der Waals surface area contributed by atoms with E-state index in [2.05, 4.69) is 56.4 Å². The smallest absolute Gasteiger partial charge is 0.282 e. The van der Waals surface area contributed by atoms with Crippen molar-refractivity contribution in [3.05, 3.63) is 125 Å². The number of ether oxygens (including phenoxy) is 1. The van der Waals surface area contributed by atoms with Crippen molar-refractivity contribution in [1.29, 1.82) is 5.26 Å². The van der Waals surface area contributed by atoms with Gasteiger partial charge in [0, 0.05) is 11.1 Å². The molecular weight excluding hydrogens is 690 g/mol. The van der Waals surface area contributed by atoms with E-state index in [1.165, 1.54) is 4.68 Å². The summed E-state index contributed by atoms with van der Waals surface area (Å²) in [6.45, 7) is 0.293. The zero-order valence-electron chi connectivity index (χ0n) is 19.3. The molecule has 180 valence electrons. The molecule has 5 rings (SSSR count). The lowest BCUT2D eigenvalue weighted by molar-refractivity contribution is 0.301. The molecule has 1 heterocycles. The summed E-state index contributed by atoms with van der Waals surface area (Å²) in [5, 5.41) is 14.4. The van der Waals surface area contributed by atoms with Crippen molar-refractivity contribution in [3.63, 3.8) is 0 Å². The number of nitriles is 1. The number of halogens is 2. The fourth-order valence-electron chi connectivity index (χ4n) is 3.83. The van der Waals surface area contributed by atoms with E-state index in [0.717, 1.165) is 29.6 Å². The lowest BCUT2D eigenvalue weighted by Crippen LogP contribution is -2.20. The van der Waals surface area contributed by atoms with Crippen LogP contribution in [0.15, 0.2) is 101 Å². The Hall–Kier alpha value is -3.56. The molecule has 0 spiro atoms. The van der Waals surface area contributed by atoms with E-state index in [-0.39, 0.29) is 5.56 Å². The van der Waals surface area contributed by atoms with Crippen LogP contribution in [0.5, 0.6) is 5.75 Å². The van der Waals surface area contributed by atoms with E-state index in [1.807, 2.05) is 78.9 Å². The predicted octanol–water partition coefficient (Wildman–Crippen LogP) is 6.61. The second-order valence-corrected chi connectivity index (χ2v) is 10.4. The number of benzene rings is 4. The van der Waals surface area contributed by atoms with Crippen LogP contribution in [-0.2, 0) is 6.61 Å². The highest BCUT2D eigenvalue weighted by Crippen LogP contribution is 2.30. The second-order valence-electron chi connectivity index (χ2n) is 8.05. The third-order valence-corrected chi connectivity index (χ3v) is 7.24. The van der Waals surface area contributed by atoms with E-state index in [9.17, 15) is 10.1 Å². The second kappa shape index (κ2) is 11.2. The topological polar surface area (TPSA) is 80.3 Å². The summed E-state index contributed by atoms with van der Waals surface area (Å²) < 4.78 is 9.22. The normalized spacial score (nSPS) is 11.1. The van der Waals surface area contributed by atoms with Crippen LogP contribution < -0.4 is 10.3 Å². The SMILES string of the molecule is N#Cc1ccccc1COc1c(I)cc(C=Nn2c(-c3ccccc3)nc3ccccc3c2=O)cc1I. The van der Waals surface area contributed by atoms with Gasteiger partial charge in [-0.3, -0.25) is 4.79 Å². The minimum atomic E-state index is -0.235. The van der Waals surface area contributed by atoms with Crippen LogP contribution in [0.25, 0.3) is 22.3 Å². The van der Waals surface area contributed by atoms with Gasteiger partial charge in [0.15, 0.2) is 5.82 Å². The summed E-state index contributed by atoms with van der Waals surface area (Å²) >= 11 is 4.45. The fraction of sp³-hybridized carbons (Fsp3) is 0.0345. The maximum absolute atomic E-state index is 13.4. The lowest BCUT2D eigenvalue weighted by Gasteiger charge is -2.12. The summed E-state index contributed by atoms with van der Waals surface area (Å²) in [5.41, 5.74) is 3.44. The first kappa shape index (κ1) is 25.1. The molecule has 1 aromatic heterocycles. The average Bonchev–Trinajstić information content (AvgIpc) is 2.92. The van der Waals surface area contributed by atoms with E-state index >= 15 is 0 Å². The standard InChI is InChI=1S/C29H18I2N4O2/c30-24-14-19(15-25(31)27(24)37-18-22-11-5-4-10-21(22)16-32)17-33-35-28(20-8-2-1-3-9-20)34-26-13-7-6-12-23(26)29(35)36/h1-15,17H,18H2. The maximum atomic E-state index is 13.4. The number of aromatic nitrogens is 2. The third kappa shape index (κ3) is 5.42. The van der Waals surface area contributed by atoms with Crippen molar-refractivity contribution in [2.24, 2.45) is 5.10 Å². The quantitative estimate of drug-likeness (QED) is 0.147. The van der Waals surface area contributed by atoms with Crippen LogP contribution in [0.4, 0.5) is 0 Å². The van der Waals surface area contributed by atoms with Crippen molar-refractivity contribution in [3.8, 4) is 23.2 Å². The molecule has 0 aliphatic carbocycles. The minimum Gasteiger partial charge on any atom is -0.487 e. The molecule has 4 aromatic carbocycles. The zero-order chi connectivity index (χ0) is 25.8. The Morgan fingerprint density at radius 1 is 0.946 bits per heavy atom. The average molecular weight is 708 g/mol. The van der Waals surface area contributed by atoms with Gasteiger partial charge in [0.1, 0.15) is 12.4 Å². The minimum absolute atomic E-state index is 0.235. The van der Waals surface area contributed by atoms with E-state index in [0.29, 0.717) is 28.9 Å². The van der Waals surface area contributed by atoms with Gasteiger partial charge in [-0.05, 0) is 81.1 Å². The van der Waals surface area contributed by atoms with E-state index in [1.54, 1.807) is 18.3 Å². The molecule has 0 radical (unpaired) electrons. The van der Waals surface area contributed by atoms with Gasteiger partial charge in [-0.2, -0.15) is 15.0 Å². The number of rotatable bonds is 6. The number of para-hydroxylation sites is 1. The van der Waals surface area contributed by atoms with Crippen molar-refractivity contribution in [2.75, 3.05) is 0 Å². The molecule has 0 aliphatic rings. The zero-order valence-corrected chi connectivity index (χ0v) is 23.6. The van der Waals surface area contributed by atoms with Gasteiger partial charge in [-0.25, -0.2) is 4.98 Å². The highest BCUT2D eigenvalue weighted by atomic mass is 127. The van der Waals surface area contributed by atoms with Gasteiger partial charge in [-0.1, -0.05) is 60.7 Å². The number of fused-ring (bicyclic) bond motifs is 1. The highest BCUT2D eigenvalue weighted by molar-refractivity contribution is 14.1. The van der Waals surface area contributed by atoms with Gasteiger partial charge >= 0.3 is 0 Å². The van der Waals surface area contributed by atoms with Gasteiger partial charge in [0.2, 0.25) is 0 Å². The molecule has 6 nitrogen and oxygen atoms in total. The summed E-state index contributed by atoms with van der Waals surface area (Å²) in [6.07, 6.45) is 1.66. The van der Waals surface area contributed by atoms with Crippen molar-refractivity contribution in [1.82, 2.24) is 9.66 Å². The van der Waals surface area contributed by atoms with Crippen molar-refractivity contribution < 1.29 is 4.74 Å². The Kier molecular flexibility index (Phi) is 7.62. The lowest BCUT2D eigenvalue weighted by atomic mass is 10.1. The molecule has 8 heteroatoms. The van der Waals surface area contributed by atoms with Crippen molar-refractivity contribution in [2.45, 2.75) is 6.61 Å². The van der Waals surface area contributed by atoms with Crippen LogP contribution >= 0.6 is 45.2 Å². The third-order valence-electron chi connectivity index (χ3n) is 5.64. The summed E-state index contributed by atoms with van der Waals surface area (Å²) in [6, 6.07) is 30.3. The van der Waals surface area contributed by atoms with Crippen LogP contribution in [0.3, 0.4) is 0 Å². The van der Waals surface area contributed by atoms with Gasteiger partial charge in [0.25, 0.3) is 5.56 Å². The summed E-state index contributed by atoms with van der Waals surface area (Å²) in [5.74, 6) is 1.21. The molecule has 0 saturated carbocycles. The largest absolute Gasteiger partial charge is 0.487 e. The Labute approximate surface area is 240 Å². The molecule has 0 fully saturated rings. The molecule has 5 aromatic rings. The Morgan fingerprint density at radius 2 is 1.62 bits per heavy atom. The molecule has 0 amide bonds. The predicted molar refractivity (Wildman–Crippen MR) is 162 cm³/mol. The number of hydrogen-bond acceptors (Lipinski definition) is 5. The first-order chi connectivity index (χ1) is 18.0. The highest BCUT2D eigenvalue weighted by Gasteiger charge is 2.13. The Balaban J connectivity index is 1.49. The van der Waals surface area contributed by atoms with Gasteiger partial charge in [0.05, 0.1) is 35.9 Å². The molecule has 0 atom stereocenters. The van der Waals surface area contributed by atoms with Gasteiger partial charge in [-0.15, -0.1) is 0 Å². The fourth-order valence-corrected chi connectivity index (χ4v) is 5.95. The molecule has 0 saturated heterocycles. The summed E-state index contributed by atoms with van der Waals surface area (Å²) in [4.78, 5) is 18.1. The Morgan fingerprint density at radius 3 is 2.38 bits per heavy atom. The molecule has 0 N–H and O–H groups in total. The number of hydrogen-bond donors (Lipinski definition) is 0. The van der Waals surface area contributed by atoms with Crippen molar-refractivity contribution >= 4 is 62.3 Å². The summed E-state index contributed by atoms with van der Waals surface area (Å²) in [7, 11) is 0. The monoisotopic (exact) mass is 708 g/mol. The molecule has 0 unspecified atom stereocenters. The molecule has 37 heavy (non-hydrogen) atoms. The molecular formula is C29H18I2N4O2. The molecule has 0 aliphatic heterocycles. The van der Waals surface area contributed by atoms with E-state index in [4.69, 9.17) is 9.72 Å². The van der Waals surface area contributed by atoms with Gasteiger partial charge < -0.3 is 4.74 Å². The Bertz CT molecular complexity index is 1720. The first-order valence-electron chi connectivity index (χ1n) is 11.3. The van der Waals surface area contributed by atoms with Crippen LogP contribution in [-0.4, -0.2) is 15.9 Å². The van der Waals surface area contributed by atoms with Crippen LogP contribution in [0.2, 0.25) is 0 Å².